The second kappa shape index (κ2) is 9.09. The Morgan fingerprint density at radius 2 is 1.90 bits per heavy atom. The monoisotopic (exact) mass is 412 g/mol. The van der Waals surface area contributed by atoms with Crippen molar-refractivity contribution < 1.29 is 14.0 Å². The summed E-state index contributed by atoms with van der Waals surface area (Å²) in [7, 11) is 15.4. The molecule has 29 heavy (non-hydrogen) atoms. The molecule has 1 aliphatic heterocycles. The van der Waals surface area contributed by atoms with Crippen LogP contribution in [0.25, 0.3) is 0 Å². The molecule has 2 aromatic rings. The van der Waals surface area contributed by atoms with Gasteiger partial charge in [0.05, 0.1) is 38.9 Å². The van der Waals surface area contributed by atoms with Gasteiger partial charge in [-0.25, -0.2) is 9.28 Å². The van der Waals surface area contributed by atoms with E-state index in [1.54, 1.807) is 18.4 Å². The predicted molar refractivity (Wildman–Crippen MR) is 119 cm³/mol. The van der Waals surface area contributed by atoms with Gasteiger partial charge in [-0.2, -0.15) is 0 Å². The minimum atomic E-state index is -0.521. The maximum absolute atomic E-state index is 13.2. The zero-order valence-electron chi connectivity index (χ0n) is 17.5. The number of carbonyl (C=O) groups is 1. The molecule has 0 aliphatic carbocycles. The summed E-state index contributed by atoms with van der Waals surface area (Å²) >= 11 is 1.77. The number of quaternary nitrogens is 2. The van der Waals surface area contributed by atoms with Crippen molar-refractivity contribution in [3.8, 4) is 0 Å². The molecular formula is C24H32N2O2S+2. The Bertz CT molecular complexity index is 782. The highest BCUT2D eigenvalue weighted by atomic mass is 32.1. The molecule has 4 radical (unpaired) electrons. The van der Waals surface area contributed by atoms with Crippen molar-refractivity contribution in [2.75, 3.05) is 33.4 Å². The van der Waals surface area contributed by atoms with E-state index >= 15 is 0 Å². The topological polar surface area (TPSA) is 26.3 Å². The minimum absolute atomic E-state index is 0.00357. The first-order chi connectivity index (χ1) is 13.9. The molecule has 1 atom stereocenters. The van der Waals surface area contributed by atoms with E-state index in [0.717, 1.165) is 44.6 Å². The number of rotatable bonds is 8. The molecule has 154 valence electrons. The van der Waals surface area contributed by atoms with Crippen molar-refractivity contribution in [1.29, 1.82) is 0 Å². The lowest BCUT2D eigenvalue weighted by atomic mass is 9.81. The Morgan fingerprint density at radius 3 is 2.45 bits per heavy atom. The van der Waals surface area contributed by atoms with Gasteiger partial charge in [0, 0.05) is 18.4 Å². The predicted octanol–water partition coefficient (Wildman–Crippen LogP) is 4.57. The van der Waals surface area contributed by atoms with E-state index in [-0.39, 0.29) is 10.4 Å². The fourth-order valence-electron chi connectivity index (χ4n) is 4.57. The first kappa shape index (κ1) is 22.2. The summed E-state index contributed by atoms with van der Waals surface area (Å²) in [5.41, 5.74) is 0.291. The summed E-state index contributed by atoms with van der Waals surface area (Å²) in [5, 5.41) is 2.10. The number of hydrogen-bond acceptors (Lipinski definition) is 3. The standard InChI is InChI=1S/C24H32N2O2S/c1-5-23(27)26(3,21-10-7-6-8-11-21)24(20-28-4)14-17-25(2,18-15-24)16-13-22-12-9-19-29-22/h2-3,6-12,19H,5,13-18,20H2,1,4H3/q+2. The SMILES string of the molecule is [CH][N+]1(CCc2cccs2)CCC(COC)([N+]([CH])(C(=O)CC)c2ccccc2)CC1. The van der Waals surface area contributed by atoms with E-state index < -0.39 is 5.54 Å². The van der Waals surface area contributed by atoms with Crippen LogP contribution in [0.2, 0.25) is 0 Å². The number of piperidine rings is 1. The Balaban J connectivity index is 1.86. The van der Waals surface area contributed by atoms with Crippen LogP contribution < -0.4 is 4.48 Å². The molecule has 1 saturated heterocycles. The molecule has 4 nitrogen and oxygen atoms in total. The van der Waals surface area contributed by atoms with Gasteiger partial charge < -0.3 is 9.22 Å². The highest BCUT2D eigenvalue weighted by Crippen LogP contribution is 2.42. The molecule has 1 aromatic heterocycles. The first-order valence-corrected chi connectivity index (χ1v) is 11.2. The zero-order valence-corrected chi connectivity index (χ0v) is 18.4. The van der Waals surface area contributed by atoms with Crippen LogP contribution >= 0.6 is 11.3 Å². The van der Waals surface area contributed by atoms with Gasteiger partial charge in [-0.05, 0) is 23.6 Å². The van der Waals surface area contributed by atoms with Gasteiger partial charge in [0.15, 0.2) is 0 Å². The van der Waals surface area contributed by atoms with E-state index in [0.29, 0.717) is 17.5 Å². The van der Waals surface area contributed by atoms with Gasteiger partial charge in [-0.3, -0.25) is 0 Å². The summed E-state index contributed by atoms with van der Waals surface area (Å²) in [6.07, 6.45) is 2.82. The molecule has 0 spiro atoms. The fraction of sp³-hybridized carbons (Fsp3) is 0.458. The lowest BCUT2D eigenvalue weighted by Gasteiger charge is -2.52. The maximum Gasteiger partial charge on any atom is 0.319 e. The fourth-order valence-corrected chi connectivity index (χ4v) is 5.27. The second-order valence-corrected chi connectivity index (χ2v) is 9.21. The Kier molecular flexibility index (Phi) is 6.94. The summed E-state index contributed by atoms with van der Waals surface area (Å²) in [6, 6.07) is 13.9. The van der Waals surface area contributed by atoms with Crippen LogP contribution in [0.1, 0.15) is 31.1 Å². The van der Waals surface area contributed by atoms with E-state index in [9.17, 15) is 4.79 Å². The largest absolute Gasteiger partial charge is 0.378 e. The normalized spacial score (nSPS) is 26.8. The van der Waals surface area contributed by atoms with Gasteiger partial charge >= 0.3 is 5.91 Å². The van der Waals surface area contributed by atoms with Crippen LogP contribution in [-0.2, 0) is 16.0 Å². The van der Waals surface area contributed by atoms with Crippen LogP contribution in [0.5, 0.6) is 0 Å². The zero-order chi connectivity index (χ0) is 21.0. The molecule has 1 fully saturated rings. The molecule has 0 saturated carbocycles. The third kappa shape index (κ3) is 4.33. The number of hydrogen-bond donors (Lipinski definition) is 0. The highest BCUT2D eigenvalue weighted by molar-refractivity contribution is 7.09. The summed E-state index contributed by atoms with van der Waals surface area (Å²) in [4.78, 5) is 14.6. The van der Waals surface area contributed by atoms with E-state index in [2.05, 4.69) is 17.5 Å². The van der Waals surface area contributed by atoms with Crippen molar-refractivity contribution in [2.45, 2.75) is 38.1 Å². The quantitative estimate of drug-likeness (QED) is 0.594. The highest BCUT2D eigenvalue weighted by Gasteiger charge is 2.58. The molecule has 1 unspecified atom stereocenters. The van der Waals surface area contributed by atoms with Crippen molar-refractivity contribution in [3.05, 3.63) is 66.8 Å². The van der Waals surface area contributed by atoms with Gasteiger partial charge in [0.25, 0.3) is 0 Å². The van der Waals surface area contributed by atoms with Crippen molar-refractivity contribution in [1.82, 2.24) is 4.48 Å². The van der Waals surface area contributed by atoms with Crippen molar-refractivity contribution >= 4 is 22.9 Å². The van der Waals surface area contributed by atoms with Crippen LogP contribution in [0, 0.1) is 14.1 Å². The first-order valence-electron chi connectivity index (χ1n) is 10.3. The molecule has 2 heterocycles. The molecule has 0 N–H and O–H groups in total. The molecular weight excluding hydrogens is 380 g/mol. The lowest BCUT2D eigenvalue weighted by molar-refractivity contribution is -0.892. The number of para-hydroxylation sites is 1. The van der Waals surface area contributed by atoms with E-state index in [4.69, 9.17) is 18.8 Å². The number of methoxy groups -OCH3 is 1. The van der Waals surface area contributed by atoms with Crippen molar-refractivity contribution in [3.63, 3.8) is 0 Å². The third-order valence-corrected chi connectivity index (χ3v) is 7.39. The smallest absolute Gasteiger partial charge is 0.319 e. The summed E-state index contributed by atoms with van der Waals surface area (Å²) in [5.74, 6) is 0.00357. The van der Waals surface area contributed by atoms with Crippen LogP contribution in [0.15, 0.2) is 47.8 Å². The number of likely N-dealkylation sites (tertiary alicyclic amines) is 1. The van der Waals surface area contributed by atoms with Gasteiger partial charge in [0.2, 0.25) is 14.1 Å². The lowest BCUT2D eigenvalue weighted by Crippen LogP contribution is -2.71. The maximum atomic E-state index is 13.2. The molecule has 3 rings (SSSR count). The summed E-state index contributed by atoms with van der Waals surface area (Å²) in [6.45, 7) is 4.74. The molecule has 0 bridgehead atoms. The Hall–Kier alpha value is -1.53. The second-order valence-electron chi connectivity index (χ2n) is 8.18. The number of thiophene rings is 1. The average Bonchev–Trinajstić information content (AvgIpc) is 3.28. The van der Waals surface area contributed by atoms with E-state index in [1.165, 1.54) is 4.88 Å². The van der Waals surface area contributed by atoms with Crippen LogP contribution in [0.4, 0.5) is 5.69 Å². The van der Waals surface area contributed by atoms with Crippen LogP contribution in [0.3, 0.4) is 0 Å². The van der Waals surface area contributed by atoms with Crippen molar-refractivity contribution in [2.24, 2.45) is 0 Å². The van der Waals surface area contributed by atoms with Gasteiger partial charge in [0.1, 0.15) is 17.8 Å². The summed E-state index contributed by atoms with van der Waals surface area (Å²) < 4.78 is 5.93. The van der Waals surface area contributed by atoms with Gasteiger partial charge in [-0.15, -0.1) is 11.3 Å². The number of carbonyl (C=O) groups excluding carboxylic acids is 1. The van der Waals surface area contributed by atoms with E-state index in [1.807, 2.05) is 37.3 Å². The number of nitrogens with zero attached hydrogens (tertiary/aromatic N) is 2. The third-order valence-electron chi connectivity index (χ3n) is 6.45. The number of amides is 1. The molecule has 1 amide bonds. The molecule has 1 aliphatic rings. The Morgan fingerprint density at radius 1 is 1.21 bits per heavy atom. The Labute approximate surface area is 179 Å². The van der Waals surface area contributed by atoms with Gasteiger partial charge in [-0.1, -0.05) is 31.2 Å². The average molecular weight is 413 g/mol. The number of ether oxygens (including phenoxy) is 1. The van der Waals surface area contributed by atoms with Crippen LogP contribution in [-0.4, -0.2) is 49.3 Å². The minimum Gasteiger partial charge on any atom is -0.378 e. The number of benzene rings is 1. The molecule has 1 aromatic carbocycles. The molecule has 5 heteroatoms.